The van der Waals surface area contributed by atoms with Crippen LogP contribution in [-0.4, -0.2) is 17.4 Å². The van der Waals surface area contributed by atoms with Crippen molar-refractivity contribution in [1.29, 1.82) is 0 Å². The van der Waals surface area contributed by atoms with Crippen LogP contribution in [0.2, 0.25) is 10.0 Å². The fourth-order valence-corrected chi connectivity index (χ4v) is 3.28. The number of halogens is 2. The topological polar surface area (TPSA) is 62.0 Å². The Kier molecular flexibility index (Phi) is 5.35. The van der Waals surface area contributed by atoms with E-state index in [1.54, 1.807) is 12.1 Å². The molecule has 2 aromatic carbocycles. The first kappa shape index (κ1) is 18.5. The van der Waals surface area contributed by atoms with Gasteiger partial charge in [0, 0.05) is 22.6 Å². The Labute approximate surface area is 161 Å². The van der Waals surface area contributed by atoms with E-state index >= 15 is 0 Å². The summed E-state index contributed by atoms with van der Waals surface area (Å²) in [5.41, 5.74) is 3.96. The molecule has 134 valence electrons. The van der Waals surface area contributed by atoms with Crippen LogP contribution in [0.15, 0.2) is 41.2 Å². The van der Waals surface area contributed by atoms with E-state index in [4.69, 9.17) is 23.2 Å². The number of H-pyrrole nitrogens is 1. The Hall–Kier alpha value is -2.30. The predicted octanol–water partition coefficient (Wildman–Crippen LogP) is 4.42. The van der Waals surface area contributed by atoms with E-state index in [9.17, 15) is 9.59 Å². The van der Waals surface area contributed by atoms with Crippen LogP contribution in [0.5, 0.6) is 0 Å². The molecule has 0 atom stereocenters. The summed E-state index contributed by atoms with van der Waals surface area (Å²) < 4.78 is 0. The van der Waals surface area contributed by atoms with Crippen molar-refractivity contribution >= 4 is 40.0 Å². The van der Waals surface area contributed by atoms with Gasteiger partial charge < -0.3 is 10.3 Å². The van der Waals surface area contributed by atoms with Crippen molar-refractivity contribution in [1.82, 2.24) is 10.3 Å². The zero-order valence-corrected chi connectivity index (χ0v) is 16.0. The minimum absolute atomic E-state index is 0.139. The molecule has 1 amide bonds. The molecule has 0 radical (unpaired) electrons. The Morgan fingerprint density at radius 2 is 1.81 bits per heavy atom. The zero-order valence-electron chi connectivity index (χ0n) is 14.5. The van der Waals surface area contributed by atoms with Crippen molar-refractivity contribution < 1.29 is 4.79 Å². The maximum Gasteiger partial charge on any atom is 0.252 e. The second-order valence-electron chi connectivity index (χ2n) is 6.28. The van der Waals surface area contributed by atoms with Crippen LogP contribution < -0.4 is 10.9 Å². The molecule has 1 aromatic heterocycles. The zero-order chi connectivity index (χ0) is 18.8. The average Bonchev–Trinajstić information content (AvgIpc) is 2.57. The molecule has 1 heterocycles. The minimum Gasteiger partial charge on any atom is -0.352 e. The van der Waals surface area contributed by atoms with Crippen LogP contribution >= 0.6 is 23.2 Å². The summed E-state index contributed by atoms with van der Waals surface area (Å²) in [6, 6.07) is 10.6. The monoisotopic (exact) mass is 388 g/mol. The van der Waals surface area contributed by atoms with Gasteiger partial charge in [0.1, 0.15) is 0 Å². The summed E-state index contributed by atoms with van der Waals surface area (Å²) in [4.78, 5) is 27.4. The van der Waals surface area contributed by atoms with Gasteiger partial charge in [-0.2, -0.15) is 0 Å². The van der Waals surface area contributed by atoms with Crippen molar-refractivity contribution in [2.75, 3.05) is 6.54 Å². The number of benzene rings is 2. The number of carbonyl (C=O) groups excluding carboxylic acids is 1. The number of aromatic amines is 1. The van der Waals surface area contributed by atoms with Crippen LogP contribution in [-0.2, 0) is 6.42 Å². The molecule has 26 heavy (non-hydrogen) atoms. The lowest BCUT2D eigenvalue weighted by Crippen LogP contribution is -2.27. The Morgan fingerprint density at radius 3 is 2.54 bits per heavy atom. The van der Waals surface area contributed by atoms with E-state index in [0.717, 1.165) is 16.5 Å². The van der Waals surface area contributed by atoms with E-state index in [0.29, 0.717) is 34.1 Å². The number of carbonyl (C=O) groups is 1. The largest absolute Gasteiger partial charge is 0.352 e. The molecule has 0 aliphatic heterocycles. The number of pyridine rings is 1. The van der Waals surface area contributed by atoms with Gasteiger partial charge in [0.15, 0.2) is 0 Å². The number of aromatic nitrogens is 1. The van der Waals surface area contributed by atoms with Crippen molar-refractivity contribution in [2.24, 2.45) is 0 Å². The van der Waals surface area contributed by atoms with Gasteiger partial charge in [-0.3, -0.25) is 9.59 Å². The van der Waals surface area contributed by atoms with Crippen LogP contribution in [0.3, 0.4) is 0 Å². The van der Waals surface area contributed by atoms with Crippen LogP contribution in [0, 0.1) is 13.8 Å². The molecule has 6 heteroatoms. The van der Waals surface area contributed by atoms with Crippen LogP contribution in [0.4, 0.5) is 0 Å². The molecule has 0 bridgehead atoms. The SMILES string of the molecule is Cc1cc2cc(CCNC(=O)c3ccc(Cl)cc3Cl)c(=O)[nH]c2cc1C. The lowest BCUT2D eigenvalue weighted by atomic mass is 10.0. The fourth-order valence-electron chi connectivity index (χ4n) is 2.79. The first-order valence-corrected chi connectivity index (χ1v) is 8.97. The van der Waals surface area contributed by atoms with Crippen molar-refractivity contribution in [2.45, 2.75) is 20.3 Å². The smallest absolute Gasteiger partial charge is 0.252 e. The van der Waals surface area contributed by atoms with Gasteiger partial charge in [-0.1, -0.05) is 23.2 Å². The second-order valence-corrected chi connectivity index (χ2v) is 7.12. The maximum atomic E-state index is 12.3. The highest BCUT2D eigenvalue weighted by Crippen LogP contribution is 2.21. The van der Waals surface area contributed by atoms with Gasteiger partial charge in [0.05, 0.1) is 10.6 Å². The van der Waals surface area contributed by atoms with Crippen LogP contribution in [0.25, 0.3) is 10.9 Å². The van der Waals surface area contributed by atoms with E-state index in [1.807, 2.05) is 26.0 Å². The Balaban J connectivity index is 1.73. The summed E-state index contributed by atoms with van der Waals surface area (Å²) in [7, 11) is 0. The molecule has 0 unspecified atom stereocenters. The third-order valence-electron chi connectivity index (χ3n) is 4.39. The molecular formula is C20H18Cl2N2O2. The van der Waals surface area contributed by atoms with Crippen molar-refractivity contribution in [3.8, 4) is 0 Å². The first-order valence-electron chi connectivity index (χ1n) is 8.21. The molecule has 0 aliphatic carbocycles. The molecule has 0 saturated carbocycles. The lowest BCUT2D eigenvalue weighted by Gasteiger charge is -2.08. The van der Waals surface area contributed by atoms with Gasteiger partial charge in [0.25, 0.3) is 11.5 Å². The molecule has 0 saturated heterocycles. The summed E-state index contributed by atoms with van der Waals surface area (Å²) in [5.74, 6) is -0.296. The number of hydrogen-bond acceptors (Lipinski definition) is 2. The summed E-state index contributed by atoms with van der Waals surface area (Å²) >= 11 is 11.9. The van der Waals surface area contributed by atoms with Gasteiger partial charge in [-0.15, -0.1) is 0 Å². The molecule has 0 fully saturated rings. The minimum atomic E-state index is -0.296. The van der Waals surface area contributed by atoms with E-state index in [-0.39, 0.29) is 11.5 Å². The van der Waals surface area contributed by atoms with Gasteiger partial charge in [-0.05, 0) is 73.2 Å². The lowest BCUT2D eigenvalue weighted by molar-refractivity contribution is 0.0954. The number of hydrogen-bond donors (Lipinski definition) is 2. The molecular weight excluding hydrogens is 371 g/mol. The quantitative estimate of drug-likeness (QED) is 0.694. The summed E-state index contributed by atoms with van der Waals surface area (Å²) in [6.07, 6.45) is 0.426. The van der Waals surface area contributed by atoms with Crippen LogP contribution in [0.1, 0.15) is 27.0 Å². The predicted molar refractivity (Wildman–Crippen MR) is 107 cm³/mol. The normalized spacial score (nSPS) is 10.9. The van der Waals surface area contributed by atoms with Gasteiger partial charge >= 0.3 is 0 Å². The van der Waals surface area contributed by atoms with E-state index < -0.39 is 0 Å². The maximum absolute atomic E-state index is 12.3. The molecule has 3 rings (SSSR count). The fraction of sp³-hybridized carbons (Fsp3) is 0.200. The van der Waals surface area contributed by atoms with Crippen molar-refractivity contribution in [3.63, 3.8) is 0 Å². The standard InChI is InChI=1S/C20H18Cl2N2O2/c1-11-7-14-9-13(19(25)24-18(14)8-12(11)2)5-6-23-20(26)16-4-3-15(21)10-17(16)22/h3-4,7-10H,5-6H2,1-2H3,(H,23,26)(H,24,25). The molecule has 2 N–H and O–H groups in total. The molecule has 4 nitrogen and oxygen atoms in total. The van der Waals surface area contributed by atoms with Crippen molar-refractivity contribution in [3.05, 3.63) is 79.1 Å². The third-order valence-corrected chi connectivity index (χ3v) is 4.94. The highest BCUT2D eigenvalue weighted by molar-refractivity contribution is 6.36. The van der Waals surface area contributed by atoms with E-state index in [2.05, 4.69) is 16.4 Å². The summed E-state index contributed by atoms with van der Waals surface area (Å²) in [6.45, 7) is 4.38. The summed E-state index contributed by atoms with van der Waals surface area (Å²) in [5, 5.41) is 4.53. The number of nitrogens with one attached hydrogen (secondary N) is 2. The average molecular weight is 389 g/mol. The van der Waals surface area contributed by atoms with E-state index in [1.165, 1.54) is 11.6 Å². The van der Waals surface area contributed by atoms with Gasteiger partial charge in [0.2, 0.25) is 0 Å². The third kappa shape index (κ3) is 3.92. The Morgan fingerprint density at radius 1 is 1.08 bits per heavy atom. The Bertz CT molecular complexity index is 1060. The number of amides is 1. The molecule has 0 spiro atoms. The number of fused-ring (bicyclic) bond motifs is 1. The van der Waals surface area contributed by atoms with Gasteiger partial charge in [-0.25, -0.2) is 0 Å². The highest BCUT2D eigenvalue weighted by atomic mass is 35.5. The number of rotatable bonds is 4. The molecule has 3 aromatic rings. The molecule has 0 aliphatic rings. The second kappa shape index (κ2) is 7.52. The number of aryl methyl sites for hydroxylation is 2. The first-order chi connectivity index (χ1) is 12.3. The highest BCUT2D eigenvalue weighted by Gasteiger charge is 2.11.